The van der Waals surface area contributed by atoms with Crippen LogP contribution in [-0.4, -0.2) is 22.5 Å². The summed E-state index contributed by atoms with van der Waals surface area (Å²) in [5.74, 6) is -0.522. The third kappa shape index (κ3) is 5.12. The zero-order chi connectivity index (χ0) is 15.1. The molecule has 0 saturated carbocycles. The SMILES string of the molecule is C/C(CC(=O)Nc1ccc([N+](=O)[O-])cc1)=N/N=C(N)N. The molecule has 1 amide bonds. The van der Waals surface area contributed by atoms with Crippen LogP contribution in [0.5, 0.6) is 0 Å². The molecule has 0 radical (unpaired) electrons. The minimum absolute atomic E-state index is 0.00771. The van der Waals surface area contributed by atoms with E-state index in [1.165, 1.54) is 24.3 Å². The number of non-ortho nitro benzene ring substituents is 1. The summed E-state index contributed by atoms with van der Waals surface area (Å²) in [4.78, 5) is 21.6. The number of rotatable bonds is 5. The molecule has 0 fully saturated rings. The number of anilines is 1. The molecular weight excluding hydrogens is 264 g/mol. The van der Waals surface area contributed by atoms with E-state index >= 15 is 0 Å². The number of nitrogens with two attached hydrogens (primary N) is 2. The van der Waals surface area contributed by atoms with E-state index in [9.17, 15) is 14.9 Å². The Morgan fingerprint density at radius 2 is 1.90 bits per heavy atom. The number of amides is 1. The van der Waals surface area contributed by atoms with Gasteiger partial charge in [-0.05, 0) is 19.1 Å². The number of carbonyl (C=O) groups excluding carboxylic acids is 1. The fraction of sp³-hybridized carbons (Fsp3) is 0.182. The number of hydrogen-bond donors (Lipinski definition) is 3. The van der Waals surface area contributed by atoms with E-state index in [4.69, 9.17) is 11.5 Å². The van der Waals surface area contributed by atoms with Crippen molar-refractivity contribution < 1.29 is 9.72 Å². The van der Waals surface area contributed by atoms with Gasteiger partial charge in [0.25, 0.3) is 5.69 Å². The fourth-order valence-corrected chi connectivity index (χ4v) is 1.28. The highest BCUT2D eigenvalue weighted by atomic mass is 16.6. The van der Waals surface area contributed by atoms with Crippen molar-refractivity contribution in [3.8, 4) is 0 Å². The smallest absolute Gasteiger partial charge is 0.269 e. The molecular formula is C11H14N6O3. The van der Waals surface area contributed by atoms with Gasteiger partial charge < -0.3 is 16.8 Å². The number of nitro groups is 1. The van der Waals surface area contributed by atoms with Gasteiger partial charge in [0.1, 0.15) is 0 Å². The van der Waals surface area contributed by atoms with Gasteiger partial charge in [0.15, 0.2) is 0 Å². The van der Waals surface area contributed by atoms with Crippen LogP contribution < -0.4 is 16.8 Å². The van der Waals surface area contributed by atoms with Crippen LogP contribution in [0, 0.1) is 10.1 Å². The second-order valence-corrected chi connectivity index (χ2v) is 3.89. The zero-order valence-electron chi connectivity index (χ0n) is 10.7. The Balaban J connectivity index is 2.60. The maximum absolute atomic E-state index is 11.6. The van der Waals surface area contributed by atoms with Gasteiger partial charge in [0, 0.05) is 23.5 Å². The van der Waals surface area contributed by atoms with Crippen LogP contribution in [0.3, 0.4) is 0 Å². The average Bonchev–Trinajstić information content (AvgIpc) is 2.36. The number of nitro benzene ring substituents is 1. The van der Waals surface area contributed by atoms with E-state index in [1.54, 1.807) is 6.92 Å². The first kappa shape index (κ1) is 15.1. The quantitative estimate of drug-likeness (QED) is 0.311. The first-order valence-electron chi connectivity index (χ1n) is 5.55. The first-order chi connectivity index (χ1) is 9.38. The van der Waals surface area contributed by atoms with Crippen LogP contribution in [0.15, 0.2) is 34.5 Å². The number of hydrogen-bond acceptors (Lipinski definition) is 5. The zero-order valence-corrected chi connectivity index (χ0v) is 10.7. The molecule has 0 bridgehead atoms. The fourth-order valence-electron chi connectivity index (χ4n) is 1.28. The molecule has 0 spiro atoms. The summed E-state index contributed by atoms with van der Waals surface area (Å²) in [6.07, 6.45) is 0.00771. The standard InChI is InChI=1S/C11H14N6O3/c1-7(15-16-11(12)13)6-10(18)14-8-2-4-9(5-3-8)17(19)20/h2-5H,6H2,1H3,(H,14,18)(H4,12,13,16)/b15-7-. The van der Waals surface area contributed by atoms with E-state index in [0.717, 1.165) is 0 Å². The van der Waals surface area contributed by atoms with E-state index in [2.05, 4.69) is 15.5 Å². The number of guanidine groups is 1. The summed E-state index contributed by atoms with van der Waals surface area (Å²) in [5, 5.41) is 20.1. The molecule has 0 heterocycles. The summed E-state index contributed by atoms with van der Waals surface area (Å²) in [7, 11) is 0. The van der Waals surface area contributed by atoms with Gasteiger partial charge in [-0.1, -0.05) is 0 Å². The molecule has 0 saturated heterocycles. The monoisotopic (exact) mass is 278 g/mol. The van der Waals surface area contributed by atoms with Gasteiger partial charge in [-0.3, -0.25) is 14.9 Å². The highest BCUT2D eigenvalue weighted by molar-refractivity contribution is 6.05. The number of carbonyl (C=O) groups is 1. The van der Waals surface area contributed by atoms with E-state index < -0.39 is 4.92 Å². The van der Waals surface area contributed by atoms with Crippen LogP contribution in [0.1, 0.15) is 13.3 Å². The van der Waals surface area contributed by atoms with Gasteiger partial charge in [-0.25, -0.2) is 0 Å². The van der Waals surface area contributed by atoms with Gasteiger partial charge in [0.2, 0.25) is 11.9 Å². The Hall–Kier alpha value is -2.97. The second kappa shape index (κ2) is 6.83. The highest BCUT2D eigenvalue weighted by Crippen LogP contribution is 2.15. The van der Waals surface area contributed by atoms with Crippen molar-refractivity contribution in [1.29, 1.82) is 0 Å². The van der Waals surface area contributed by atoms with Crippen molar-refractivity contribution in [2.75, 3.05) is 5.32 Å². The molecule has 9 nitrogen and oxygen atoms in total. The van der Waals surface area contributed by atoms with Gasteiger partial charge >= 0.3 is 0 Å². The van der Waals surface area contributed by atoms with Crippen LogP contribution in [0.4, 0.5) is 11.4 Å². The summed E-state index contributed by atoms with van der Waals surface area (Å²) in [5.41, 5.74) is 11.0. The summed E-state index contributed by atoms with van der Waals surface area (Å²) in [6.45, 7) is 1.60. The maximum atomic E-state index is 11.6. The molecule has 0 aliphatic heterocycles. The molecule has 1 aromatic carbocycles. The van der Waals surface area contributed by atoms with Gasteiger partial charge in [0.05, 0.1) is 11.3 Å². The van der Waals surface area contributed by atoms with Gasteiger partial charge in [-0.2, -0.15) is 5.10 Å². The molecule has 0 aromatic heterocycles. The van der Waals surface area contributed by atoms with E-state index in [1.807, 2.05) is 0 Å². The van der Waals surface area contributed by atoms with Crippen LogP contribution in [-0.2, 0) is 4.79 Å². The third-order valence-electron chi connectivity index (χ3n) is 2.11. The highest BCUT2D eigenvalue weighted by Gasteiger charge is 2.07. The lowest BCUT2D eigenvalue weighted by Gasteiger charge is -2.04. The van der Waals surface area contributed by atoms with Crippen molar-refractivity contribution in [1.82, 2.24) is 0 Å². The molecule has 0 unspecified atom stereocenters. The Morgan fingerprint density at radius 3 is 2.40 bits per heavy atom. The molecule has 0 aliphatic rings. The third-order valence-corrected chi connectivity index (χ3v) is 2.11. The minimum atomic E-state index is -0.516. The van der Waals surface area contributed by atoms with Crippen molar-refractivity contribution in [3.05, 3.63) is 34.4 Å². The Morgan fingerprint density at radius 1 is 1.30 bits per heavy atom. The maximum Gasteiger partial charge on any atom is 0.269 e. The summed E-state index contributed by atoms with van der Waals surface area (Å²) >= 11 is 0. The summed E-state index contributed by atoms with van der Waals surface area (Å²) in [6, 6.07) is 5.49. The average molecular weight is 278 g/mol. The molecule has 5 N–H and O–H groups in total. The second-order valence-electron chi connectivity index (χ2n) is 3.89. The van der Waals surface area contributed by atoms with Gasteiger partial charge in [-0.15, -0.1) is 5.10 Å². The van der Waals surface area contributed by atoms with Crippen LogP contribution >= 0.6 is 0 Å². The lowest BCUT2D eigenvalue weighted by molar-refractivity contribution is -0.384. The van der Waals surface area contributed by atoms with Crippen LogP contribution in [0.25, 0.3) is 0 Å². The Kier molecular flexibility index (Phi) is 5.15. The molecule has 0 aliphatic carbocycles. The van der Waals surface area contributed by atoms with Crippen molar-refractivity contribution >= 4 is 29.0 Å². The molecule has 20 heavy (non-hydrogen) atoms. The first-order valence-corrected chi connectivity index (χ1v) is 5.55. The predicted octanol–water partition coefficient (Wildman–Crippen LogP) is 0.573. The largest absolute Gasteiger partial charge is 0.369 e. The molecule has 0 atom stereocenters. The van der Waals surface area contributed by atoms with E-state index in [-0.39, 0.29) is 24.0 Å². The predicted molar refractivity (Wildman–Crippen MR) is 75.3 cm³/mol. The van der Waals surface area contributed by atoms with Crippen molar-refractivity contribution in [3.63, 3.8) is 0 Å². The summed E-state index contributed by atoms with van der Waals surface area (Å²) < 4.78 is 0. The topological polar surface area (TPSA) is 149 Å². The number of benzene rings is 1. The lowest BCUT2D eigenvalue weighted by Crippen LogP contribution is -2.22. The molecule has 1 rings (SSSR count). The molecule has 1 aromatic rings. The Labute approximate surface area is 114 Å². The van der Waals surface area contributed by atoms with Crippen LogP contribution in [0.2, 0.25) is 0 Å². The lowest BCUT2D eigenvalue weighted by atomic mass is 10.2. The van der Waals surface area contributed by atoms with Crippen molar-refractivity contribution in [2.45, 2.75) is 13.3 Å². The number of nitrogens with zero attached hydrogens (tertiary/aromatic N) is 3. The normalized spacial score (nSPS) is 10.8. The Bertz CT molecular complexity index is 560. The molecule has 106 valence electrons. The minimum Gasteiger partial charge on any atom is -0.369 e. The van der Waals surface area contributed by atoms with Crippen molar-refractivity contribution in [2.24, 2.45) is 21.7 Å². The van der Waals surface area contributed by atoms with E-state index in [0.29, 0.717) is 11.4 Å². The number of nitrogens with one attached hydrogen (secondary N) is 1. The molecule has 9 heteroatoms.